The molecule has 0 aliphatic heterocycles. The highest BCUT2D eigenvalue weighted by molar-refractivity contribution is 6.20. The molecule has 1 aromatic heterocycles. The molecule has 20 heavy (non-hydrogen) atoms. The van der Waals surface area contributed by atoms with E-state index >= 15 is 0 Å². The molecule has 1 atom stereocenters. The van der Waals surface area contributed by atoms with Crippen molar-refractivity contribution < 1.29 is 13.9 Å². The summed E-state index contributed by atoms with van der Waals surface area (Å²) in [7, 11) is 1.35. The lowest BCUT2D eigenvalue weighted by atomic mass is 10.2. The maximum atomic E-state index is 13.6. The van der Waals surface area contributed by atoms with Crippen LogP contribution >= 0.6 is 11.6 Å². The van der Waals surface area contributed by atoms with E-state index in [-0.39, 0.29) is 23.6 Å². The summed E-state index contributed by atoms with van der Waals surface area (Å²) in [5, 5.41) is -0.330. The highest BCUT2D eigenvalue weighted by Crippen LogP contribution is 2.26. The number of methoxy groups -OCH3 is 1. The molecule has 6 heteroatoms. The Kier molecular flexibility index (Phi) is 4.28. The first-order valence-electron chi connectivity index (χ1n) is 6.31. The minimum atomic E-state index is -0.330. The number of imidazole rings is 1. The monoisotopic (exact) mass is 298 g/mol. The summed E-state index contributed by atoms with van der Waals surface area (Å²) in [5.41, 5.74) is 1.85. The van der Waals surface area contributed by atoms with Gasteiger partial charge in [0.25, 0.3) is 0 Å². The van der Waals surface area contributed by atoms with Crippen molar-refractivity contribution in [3.05, 3.63) is 29.3 Å². The molecule has 0 amide bonds. The molecule has 1 aromatic carbocycles. The van der Waals surface area contributed by atoms with E-state index in [1.54, 1.807) is 19.9 Å². The van der Waals surface area contributed by atoms with Gasteiger partial charge >= 0.3 is 5.97 Å². The number of aryl methyl sites for hydroxylation is 2. The number of fused-ring (bicyclic) bond motifs is 1. The fraction of sp³-hybridized carbons (Fsp3) is 0.429. The summed E-state index contributed by atoms with van der Waals surface area (Å²) in [6.07, 6.45) is 0.217. The lowest BCUT2D eigenvalue weighted by Gasteiger charge is -2.10. The van der Waals surface area contributed by atoms with Crippen molar-refractivity contribution in [2.75, 3.05) is 7.11 Å². The van der Waals surface area contributed by atoms with E-state index in [0.717, 1.165) is 5.52 Å². The van der Waals surface area contributed by atoms with Crippen LogP contribution < -0.4 is 0 Å². The third-order valence-electron chi connectivity index (χ3n) is 3.18. The van der Waals surface area contributed by atoms with Gasteiger partial charge in [-0.2, -0.15) is 0 Å². The van der Waals surface area contributed by atoms with E-state index in [9.17, 15) is 9.18 Å². The van der Waals surface area contributed by atoms with Gasteiger partial charge in [0, 0.05) is 12.6 Å². The van der Waals surface area contributed by atoms with E-state index < -0.39 is 0 Å². The molecule has 0 bridgehead atoms. The summed E-state index contributed by atoms with van der Waals surface area (Å²) in [6.45, 7) is 3.89. The zero-order chi connectivity index (χ0) is 14.9. The number of hydrogen-bond donors (Lipinski definition) is 0. The molecule has 108 valence electrons. The zero-order valence-electron chi connectivity index (χ0n) is 11.6. The van der Waals surface area contributed by atoms with Crippen LogP contribution in [0.25, 0.3) is 11.0 Å². The van der Waals surface area contributed by atoms with Gasteiger partial charge in [-0.3, -0.25) is 4.79 Å². The van der Waals surface area contributed by atoms with E-state index in [1.807, 2.05) is 4.57 Å². The Morgan fingerprint density at radius 2 is 2.25 bits per heavy atom. The van der Waals surface area contributed by atoms with Crippen molar-refractivity contribution in [1.82, 2.24) is 9.55 Å². The Balaban J connectivity index is 2.50. The van der Waals surface area contributed by atoms with Gasteiger partial charge in [-0.25, -0.2) is 9.37 Å². The van der Waals surface area contributed by atoms with Crippen molar-refractivity contribution >= 4 is 28.6 Å². The number of benzene rings is 1. The number of hydrogen-bond acceptors (Lipinski definition) is 3. The molecular weight excluding hydrogens is 283 g/mol. The second kappa shape index (κ2) is 5.79. The summed E-state index contributed by atoms with van der Waals surface area (Å²) in [4.78, 5) is 15.7. The van der Waals surface area contributed by atoms with Crippen LogP contribution in [-0.2, 0) is 16.1 Å². The highest BCUT2D eigenvalue weighted by atomic mass is 35.5. The lowest BCUT2D eigenvalue weighted by molar-refractivity contribution is -0.140. The summed E-state index contributed by atoms with van der Waals surface area (Å²) in [6, 6.07) is 3.11. The molecule has 2 rings (SSSR count). The number of aromatic nitrogens is 2. The average Bonchev–Trinajstić information content (AvgIpc) is 2.74. The van der Waals surface area contributed by atoms with Gasteiger partial charge in [0.15, 0.2) is 0 Å². The van der Waals surface area contributed by atoms with Gasteiger partial charge in [-0.05, 0) is 25.5 Å². The summed E-state index contributed by atoms with van der Waals surface area (Å²) in [5.74, 6) is 0.0123. The first kappa shape index (κ1) is 14.8. The first-order valence-corrected chi connectivity index (χ1v) is 6.75. The Labute approximate surface area is 121 Å². The van der Waals surface area contributed by atoms with Gasteiger partial charge in [0.05, 0.1) is 29.9 Å². The van der Waals surface area contributed by atoms with Crippen LogP contribution in [0, 0.1) is 12.7 Å². The van der Waals surface area contributed by atoms with E-state index in [2.05, 4.69) is 9.72 Å². The van der Waals surface area contributed by atoms with E-state index in [4.69, 9.17) is 11.6 Å². The molecule has 0 saturated carbocycles. The normalized spacial score (nSPS) is 12.7. The van der Waals surface area contributed by atoms with Gasteiger partial charge in [-0.15, -0.1) is 11.6 Å². The van der Waals surface area contributed by atoms with Crippen LogP contribution in [0.3, 0.4) is 0 Å². The van der Waals surface area contributed by atoms with Crippen molar-refractivity contribution in [1.29, 1.82) is 0 Å². The fourth-order valence-corrected chi connectivity index (χ4v) is 2.28. The second-order valence-electron chi connectivity index (χ2n) is 4.65. The smallest absolute Gasteiger partial charge is 0.307 e. The molecule has 1 unspecified atom stereocenters. The maximum absolute atomic E-state index is 13.6. The summed E-state index contributed by atoms with van der Waals surface area (Å²) >= 11 is 6.12. The van der Waals surface area contributed by atoms with Crippen LogP contribution in [0.15, 0.2) is 12.1 Å². The number of esters is 1. The predicted molar refractivity (Wildman–Crippen MR) is 75.3 cm³/mol. The number of ether oxygens (including phenoxy) is 1. The van der Waals surface area contributed by atoms with Crippen molar-refractivity contribution in [3.8, 4) is 0 Å². The number of halogens is 2. The second-order valence-corrected chi connectivity index (χ2v) is 5.31. The van der Waals surface area contributed by atoms with Crippen molar-refractivity contribution in [2.45, 2.75) is 32.2 Å². The van der Waals surface area contributed by atoms with Gasteiger partial charge in [-0.1, -0.05) is 0 Å². The number of carbonyl (C=O) groups is 1. The minimum Gasteiger partial charge on any atom is -0.469 e. The Hall–Kier alpha value is -1.62. The molecule has 0 fully saturated rings. The molecule has 2 aromatic rings. The van der Waals surface area contributed by atoms with Crippen molar-refractivity contribution in [2.24, 2.45) is 0 Å². The molecule has 0 spiro atoms. The quantitative estimate of drug-likeness (QED) is 0.642. The Bertz CT molecular complexity index is 652. The van der Waals surface area contributed by atoms with E-state index in [0.29, 0.717) is 23.4 Å². The maximum Gasteiger partial charge on any atom is 0.307 e. The Morgan fingerprint density at radius 1 is 1.55 bits per heavy atom. The standard InChI is InChI=1S/C14H16ClFN2O2/c1-8-6-12-11(7-10(8)16)17-14(9(2)15)18(12)5-4-13(19)20-3/h6-7,9H,4-5H2,1-3H3. The third kappa shape index (κ3) is 2.77. The third-order valence-corrected chi connectivity index (χ3v) is 3.38. The molecule has 0 aliphatic carbocycles. The Morgan fingerprint density at radius 3 is 2.85 bits per heavy atom. The zero-order valence-corrected chi connectivity index (χ0v) is 12.4. The first-order chi connectivity index (χ1) is 9.43. The molecule has 0 saturated heterocycles. The largest absolute Gasteiger partial charge is 0.469 e. The molecule has 1 heterocycles. The lowest BCUT2D eigenvalue weighted by Crippen LogP contribution is -2.10. The molecular formula is C14H16ClFN2O2. The number of carbonyl (C=O) groups excluding carboxylic acids is 1. The molecule has 0 radical (unpaired) electrons. The topological polar surface area (TPSA) is 44.1 Å². The molecule has 0 N–H and O–H groups in total. The van der Waals surface area contributed by atoms with Gasteiger partial charge in [0.1, 0.15) is 11.6 Å². The van der Waals surface area contributed by atoms with Crippen LogP contribution in [0.1, 0.15) is 30.1 Å². The van der Waals surface area contributed by atoms with Crippen LogP contribution in [0.5, 0.6) is 0 Å². The minimum absolute atomic E-state index is 0.217. The number of nitrogens with zero attached hydrogens (tertiary/aromatic N) is 2. The fourth-order valence-electron chi connectivity index (χ4n) is 2.11. The van der Waals surface area contributed by atoms with E-state index in [1.165, 1.54) is 13.2 Å². The number of alkyl halides is 1. The SMILES string of the molecule is COC(=O)CCn1c(C(C)Cl)nc2cc(F)c(C)cc21. The predicted octanol–water partition coefficient (Wildman–Crippen LogP) is 3.35. The van der Waals surface area contributed by atoms with Crippen LogP contribution in [0.4, 0.5) is 4.39 Å². The van der Waals surface area contributed by atoms with Crippen LogP contribution in [0.2, 0.25) is 0 Å². The summed E-state index contributed by atoms with van der Waals surface area (Å²) < 4.78 is 20.1. The molecule has 4 nitrogen and oxygen atoms in total. The van der Waals surface area contributed by atoms with Crippen LogP contribution in [-0.4, -0.2) is 22.6 Å². The highest BCUT2D eigenvalue weighted by Gasteiger charge is 2.17. The average molecular weight is 299 g/mol. The van der Waals surface area contributed by atoms with Gasteiger partial charge < -0.3 is 9.30 Å². The van der Waals surface area contributed by atoms with Gasteiger partial charge in [0.2, 0.25) is 0 Å². The molecule has 0 aliphatic rings. The van der Waals surface area contributed by atoms with Crippen molar-refractivity contribution in [3.63, 3.8) is 0 Å². The number of rotatable bonds is 4.